The van der Waals surface area contributed by atoms with Crippen LogP contribution in [0.1, 0.15) is 42.5 Å². The van der Waals surface area contributed by atoms with Crippen LogP contribution in [-0.2, 0) is 17.6 Å². The third-order valence-electron chi connectivity index (χ3n) is 5.05. The molecule has 30 heavy (non-hydrogen) atoms. The number of thioether (sulfide) groups is 1. The number of nitrogens with one attached hydrogen (secondary N) is 1. The smallest absolute Gasteiger partial charge is 0.236 e. The average molecular weight is 435 g/mol. The number of nitriles is 1. The Morgan fingerprint density at radius 3 is 2.73 bits per heavy atom. The van der Waals surface area contributed by atoms with Crippen LogP contribution in [0.25, 0.3) is 11.3 Å². The molecule has 1 N–H and O–H groups in total. The van der Waals surface area contributed by atoms with Gasteiger partial charge in [0.15, 0.2) is 5.13 Å². The monoisotopic (exact) mass is 434 g/mol. The minimum absolute atomic E-state index is 0.147. The summed E-state index contributed by atoms with van der Waals surface area (Å²) in [7, 11) is 0. The van der Waals surface area contributed by atoms with Gasteiger partial charge in [0.2, 0.25) is 5.91 Å². The van der Waals surface area contributed by atoms with Crippen molar-refractivity contribution >= 4 is 34.1 Å². The lowest BCUT2D eigenvalue weighted by Crippen LogP contribution is -2.14. The molecule has 0 aliphatic heterocycles. The van der Waals surface area contributed by atoms with Crippen molar-refractivity contribution < 1.29 is 4.79 Å². The van der Waals surface area contributed by atoms with Crippen LogP contribution in [0.5, 0.6) is 0 Å². The first-order valence-electron chi connectivity index (χ1n) is 10.1. The van der Waals surface area contributed by atoms with E-state index in [-0.39, 0.29) is 11.7 Å². The highest BCUT2D eigenvalue weighted by Crippen LogP contribution is 2.28. The molecule has 0 unspecified atom stereocenters. The molecule has 0 saturated carbocycles. The molecular formula is C23H22N4OS2. The summed E-state index contributed by atoms with van der Waals surface area (Å²) < 4.78 is 0. The van der Waals surface area contributed by atoms with Gasteiger partial charge in [-0.15, -0.1) is 11.3 Å². The predicted octanol–water partition coefficient (Wildman–Crippen LogP) is 5.47. The van der Waals surface area contributed by atoms with E-state index >= 15 is 0 Å². The van der Waals surface area contributed by atoms with Gasteiger partial charge in [0.1, 0.15) is 11.1 Å². The average Bonchev–Trinajstić information content (AvgIpc) is 3.22. The summed E-state index contributed by atoms with van der Waals surface area (Å²) in [6.45, 7) is 0. The summed E-state index contributed by atoms with van der Waals surface area (Å²) in [5.41, 5.74) is 4.71. The lowest BCUT2D eigenvalue weighted by Gasteiger charge is -2.15. The number of aryl methyl sites for hydroxylation is 2. The second-order valence-corrected chi connectivity index (χ2v) is 9.04. The molecule has 152 valence electrons. The van der Waals surface area contributed by atoms with Gasteiger partial charge < -0.3 is 5.32 Å². The number of nitrogens with zero attached hydrogens (tertiary/aromatic N) is 3. The van der Waals surface area contributed by atoms with E-state index in [1.54, 1.807) is 0 Å². The summed E-state index contributed by atoms with van der Waals surface area (Å²) >= 11 is 2.72. The van der Waals surface area contributed by atoms with Crippen LogP contribution < -0.4 is 5.32 Å². The summed E-state index contributed by atoms with van der Waals surface area (Å²) in [5.74, 6) is 0.0483. The summed E-state index contributed by atoms with van der Waals surface area (Å²) in [5, 5.41) is 15.6. The molecule has 7 heteroatoms. The van der Waals surface area contributed by atoms with Crippen molar-refractivity contribution in [1.29, 1.82) is 5.26 Å². The molecule has 1 aliphatic carbocycles. The number of hydrogen-bond donors (Lipinski definition) is 1. The van der Waals surface area contributed by atoms with Gasteiger partial charge in [0.25, 0.3) is 0 Å². The molecule has 0 radical (unpaired) electrons. The van der Waals surface area contributed by atoms with Crippen LogP contribution in [0.4, 0.5) is 5.13 Å². The first-order valence-corrected chi connectivity index (χ1v) is 12.0. The van der Waals surface area contributed by atoms with Gasteiger partial charge in [-0.3, -0.25) is 4.79 Å². The van der Waals surface area contributed by atoms with Crippen molar-refractivity contribution in [3.63, 3.8) is 0 Å². The van der Waals surface area contributed by atoms with Crippen LogP contribution in [0.15, 0.2) is 46.8 Å². The van der Waals surface area contributed by atoms with Gasteiger partial charge >= 0.3 is 0 Å². The number of carbonyl (C=O) groups is 1. The number of aromatic nitrogens is 2. The van der Waals surface area contributed by atoms with E-state index in [9.17, 15) is 10.1 Å². The topological polar surface area (TPSA) is 78.7 Å². The Morgan fingerprint density at radius 2 is 1.93 bits per heavy atom. The minimum atomic E-state index is -0.147. The largest absolute Gasteiger partial charge is 0.301 e. The van der Waals surface area contributed by atoms with Crippen molar-refractivity contribution in [1.82, 2.24) is 9.97 Å². The number of hydrogen-bond acceptors (Lipinski definition) is 6. The van der Waals surface area contributed by atoms with Crippen LogP contribution >= 0.6 is 23.1 Å². The maximum Gasteiger partial charge on any atom is 0.236 e. The molecule has 2 heterocycles. The Balaban J connectivity index is 1.41. The zero-order valence-corrected chi connectivity index (χ0v) is 18.2. The summed E-state index contributed by atoms with van der Waals surface area (Å²) in [6, 6.07) is 14.1. The van der Waals surface area contributed by atoms with Crippen molar-refractivity contribution in [3.8, 4) is 17.3 Å². The number of amides is 1. The number of fused-ring (bicyclic) bond motifs is 1. The van der Waals surface area contributed by atoms with Gasteiger partial charge in [-0.1, -0.05) is 54.9 Å². The quantitative estimate of drug-likeness (QED) is 0.539. The maximum absolute atomic E-state index is 12.4. The lowest BCUT2D eigenvalue weighted by atomic mass is 9.96. The molecule has 3 aromatic rings. The van der Waals surface area contributed by atoms with Crippen molar-refractivity contribution in [2.45, 2.75) is 43.6 Å². The van der Waals surface area contributed by atoms with Gasteiger partial charge in [0.05, 0.1) is 17.0 Å². The molecule has 0 bridgehead atoms. The molecule has 0 saturated heterocycles. The Labute approximate surface area is 184 Å². The van der Waals surface area contributed by atoms with E-state index in [4.69, 9.17) is 4.98 Å². The summed E-state index contributed by atoms with van der Waals surface area (Å²) in [4.78, 5) is 21.7. The Hall–Kier alpha value is -2.69. The van der Waals surface area contributed by atoms with E-state index in [1.807, 2.05) is 41.8 Å². The molecule has 0 atom stereocenters. The Kier molecular flexibility index (Phi) is 6.77. The first kappa shape index (κ1) is 20.6. The number of benzene rings is 1. The molecule has 1 aliphatic rings. The number of carbonyl (C=O) groups excluding carboxylic acids is 1. The number of pyridine rings is 1. The fraction of sp³-hybridized carbons (Fsp3) is 0.304. The molecule has 0 fully saturated rings. The molecule has 0 spiro atoms. The lowest BCUT2D eigenvalue weighted by molar-refractivity contribution is -0.113. The van der Waals surface area contributed by atoms with Gasteiger partial charge in [0, 0.05) is 16.6 Å². The summed E-state index contributed by atoms with van der Waals surface area (Å²) in [6.07, 6.45) is 6.67. The number of rotatable bonds is 5. The minimum Gasteiger partial charge on any atom is -0.301 e. The van der Waals surface area contributed by atoms with Crippen molar-refractivity contribution in [2.24, 2.45) is 0 Å². The van der Waals surface area contributed by atoms with Gasteiger partial charge in [-0.25, -0.2) is 9.97 Å². The van der Waals surface area contributed by atoms with E-state index in [2.05, 4.69) is 16.4 Å². The van der Waals surface area contributed by atoms with Crippen LogP contribution in [0.2, 0.25) is 0 Å². The second-order valence-electron chi connectivity index (χ2n) is 7.21. The zero-order valence-electron chi connectivity index (χ0n) is 16.6. The third kappa shape index (κ3) is 5.07. The Bertz CT molecular complexity index is 1070. The highest BCUT2D eigenvalue weighted by atomic mass is 32.2. The number of thiazole rings is 1. The van der Waals surface area contributed by atoms with Crippen LogP contribution in [0, 0.1) is 11.3 Å². The van der Waals surface area contributed by atoms with E-state index in [0.717, 1.165) is 42.6 Å². The van der Waals surface area contributed by atoms with E-state index < -0.39 is 0 Å². The van der Waals surface area contributed by atoms with Crippen molar-refractivity contribution in [3.05, 3.63) is 58.6 Å². The molecule has 2 aromatic heterocycles. The van der Waals surface area contributed by atoms with Crippen molar-refractivity contribution in [2.75, 3.05) is 11.1 Å². The standard InChI is InChI=1S/C23H22N4OS2/c24-13-18-12-17-10-4-1-2-7-11-19(17)25-22(18)29-15-21(28)27-23-26-20(14-30-23)16-8-5-3-6-9-16/h3,5-6,8-9,12,14H,1-2,4,7,10-11,15H2,(H,26,27,28). The molecule has 1 amide bonds. The third-order valence-corrected chi connectivity index (χ3v) is 6.80. The van der Waals surface area contributed by atoms with Gasteiger partial charge in [-0.05, 0) is 37.3 Å². The van der Waals surface area contributed by atoms with Gasteiger partial charge in [-0.2, -0.15) is 5.26 Å². The maximum atomic E-state index is 12.4. The highest BCUT2D eigenvalue weighted by molar-refractivity contribution is 8.00. The SMILES string of the molecule is N#Cc1cc2c(nc1SCC(=O)Nc1nc(-c3ccccc3)cs1)CCCCCC2. The number of anilines is 1. The molecule has 4 rings (SSSR count). The first-order chi connectivity index (χ1) is 14.7. The van der Waals surface area contributed by atoms with E-state index in [1.165, 1.54) is 41.5 Å². The molecule has 1 aromatic carbocycles. The zero-order chi connectivity index (χ0) is 20.8. The molecular weight excluding hydrogens is 412 g/mol. The fourth-order valence-electron chi connectivity index (χ4n) is 3.52. The van der Waals surface area contributed by atoms with Crippen LogP contribution in [0.3, 0.4) is 0 Å². The fourth-order valence-corrected chi connectivity index (χ4v) is 5.03. The predicted molar refractivity (Wildman–Crippen MR) is 122 cm³/mol. The van der Waals surface area contributed by atoms with E-state index in [0.29, 0.717) is 15.7 Å². The highest BCUT2D eigenvalue weighted by Gasteiger charge is 2.16. The normalized spacial score (nSPS) is 13.6. The molecule has 5 nitrogen and oxygen atoms in total. The van der Waals surface area contributed by atoms with Crippen LogP contribution in [-0.4, -0.2) is 21.6 Å². The second kappa shape index (κ2) is 9.88. The Morgan fingerprint density at radius 1 is 1.13 bits per heavy atom.